The van der Waals surface area contributed by atoms with E-state index in [1.165, 1.54) is 0 Å². The molecule has 0 aromatic heterocycles. The molecule has 0 bridgehead atoms. The fourth-order valence-electron chi connectivity index (χ4n) is 0.907. The van der Waals surface area contributed by atoms with E-state index in [1.807, 2.05) is 27.7 Å². The van der Waals surface area contributed by atoms with Gasteiger partial charge in [0.15, 0.2) is 0 Å². The van der Waals surface area contributed by atoms with Gasteiger partial charge in [-0.3, -0.25) is 0 Å². The van der Waals surface area contributed by atoms with E-state index in [4.69, 9.17) is 7.11 Å². The predicted octanol–water partition coefficient (Wildman–Crippen LogP) is 2.32. The van der Waals surface area contributed by atoms with E-state index in [-0.39, 0.29) is 0 Å². The van der Waals surface area contributed by atoms with Crippen LogP contribution in [0.3, 0.4) is 0 Å². The highest BCUT2D eigenvalue weighted by Crippen LogP contribution is 2.23. The second-order valence-electron chi connectivity index (χ2n) is 2.88. The van der Waals surface area contributed by atoms with Crippen LogP contribution in [0.2, 0.25) is 0 Å². The van der Waals surface area contributed by atoms with E-state index in [9.17, 15) is 0 Å². The largest absolute Gasteiger partial charge is 0.225 e. The van der Waals surface area contributed by atoms with Gasteiger partial charge in [0.25, 0.3) is 0 Å². The average molecular weight is 142 g/mol. The van der Waals surface area contributed by atoms with Gasteiger partial charge in [-0.05, 0) is 11.8 Å². The Balaban J connectivity index is 3.73. The van der Waals surface area contributed by atoms with Gasteiger partial charge >= 0.3 is 0 Å². The fourth-order valence-corrected chi connectivity index (χ4v) is 0.907. The maximum atomic E-state index is 6.38. The molecule has 0 N–H and O–H groups in total. The molecule has 10 heavy (non-hydrogen) atoms. The Morgan fingerprint density at radius 1 is 1.10 bits per heavy atom. The molecule has 0 atom stereocenters. The van der Waals surface area contributed by atoms with Crippen LogP contribution in [-0.2, 0) is 9.78 Å². The molecule has 0 aliphatic carbocycles. The second kappa shape index (κ2) is 4.69. The average Bonchev–Trinajstić information content (AvgIpc) is 1.81. The maximum Gasteiger partial charge on any atom is 0.219 e. The van der Waals surface area contributed by atoms with E-state index in [2.05, 4.69) is 9.78 Å². The minimum atomic E-state index is 0.311. The molecular formula is C8H14O2. The smallest absolute Gasteiger partial charge is 0.219 e. The zero-order valence-electron chi connectivity index (χ0n) is 6.97. The third-order valence-electron chi connectivity index (χ3n) is 1.28. The Morgan fingerprint density at radius 3 is 1.60 bits per heavy atom. The lowest BCUT2D eigenvalue weighted by molar-refractivity contribution is -0.260. The quantitative estimate of drug-likeness (QED) is 0.443. The van der Waals surface area contributed by atoms with Crippen molar-refractivity contribution in [1.82, 2.24) is 0 Å². The highest BCUT2D eigenvalue weighted by Gasteiger charge is 2.20. The van der Waals surface area contributed by atoms with Crippen molar-refractivity contribution in [2.24, 2.45) is 11.8 Å². The van der Waals surface area contributed by atoms with Crippen molar-refractivity contribution in [3.05, 3.63) is 13.2 Å². The van der Waals surface area contributed by atoms with Gasteiger partial charge in [-0.1, -0.05) is 27.7 Å². The van der Waals surface area contributed by atoms with E-state index in [0.717, 1.165) is 6.10 Å². The van der Waals surface area contributed by atoms with Gasteiger partial charge < -0.3 is 0 Å². The lowest BCUT2D eigenvalue weighted by Gasteiger charge is -2.20. The predicted molar refractivity (Wildman–Crippen MR) is 38.3 cm³/mol. The van der Waals surface area contributed by atoms with Gasteiger partial charge in [-0.2, -0.15) is 0 Å². The van der Waals surface area contributed by atoms with E-state index in [1.54, 1.807) is 0 Å². The Morgan fingerprint density at radius 2 is 1.50 bits per heavy atom. The van der Waals surface area contributed by atoms with Gasteiger partial charge in [0.2, 0.25) is 7.11 Å². The van der Waals surface area contributed by atoms with E-state index in [0.29, 0.717) is 11.8 Å². The summed E-state index contributed by atoms with van der Waals surface area (Å²) in [6.45, 7) is 8.03. The van der Waals surface area contributed by atoms with Gasteiger partial charge in [-0.25, -0.2) is 9.78 Å². The van der Waals surface area contributed by atoms with Crippen molar-refractivity contribution in [3.8, 4) is 0 Å². The van der Waals surface area contributed by atoms with Crippen molar-refractivity contribution < 1.29 is 9.78 Å². The minimum Gasteiger partial charge on any atom is -0.225 e. The Kier molecular flexibility index (Phi) is 4.65. The molecule has 0 aliphatic rings. The Bertz CT molecular complexity index is 71.3. The highest BCUT2D eigenvalue weighted by atomic mass is 17.2. The number of hydrogen-bond donors (Lipinski definition) is 0. The third kappa shape index (κ3) is 3.18. The molecule has 58 valence electrons. The molecule has 0 spiro atoms. The number of rotatable bonds is 4. The van der Waals surface area contributed by atoms with Crippen LogP contribution in [0.25, 0.3) is 0 Å². The van der Waals surface area contributed by atoms with Gasteiger partial charge in [0.05, 0.1) is 0 Å². The molecule has 0 heterocycles. The molecule has 2 nitrogen and oxygen atoms in total. The molecule has 0 fully saturated rings. The summed E-state index contributed by atoms with van der Waals surface area (Å²) in [6.07, 6.45) is 0.815. The fraction of sp³-hybridized carbons (Fsp3) is 0.750. The Labute approximate surface area is 63.5 Å². The van der Waals surface area contributed by atoms with Crippen LogP contribution in [0.5, 0.6) is 0 Å². The monoisotopic (exact) mass is 142 g/mol. The van der Waals surface area contributed by atoms with Crippen molar-refractivity contribution in [3.63, 3.8) is 0 Å². The van der Waals surface area contributed by atoms with Crippen LogP contribution in [0.1, 0.15) is 27.7 Å². The third-order valence-corrected chi connectivity index (χ3v) is 1.28. The first kappa shape index (κ1) is 9.92. The molecule has 0 amide bonds. The van der Waals surface area contributed by atoms with E-state index < -0.39 is 0 Å². The van der Waals surface area contributed by atoms with Crippen LogP contribution < -0.4 is 0 Å². The molecule has 0 aromatic rings. The molecule has 4 radical (unpaired) electrons. The van der Waals surface area contributed by atoms with Crippen LogP contribution in [0.4, 0.5) is 0 Å². The molecule has 0 rings (SSSR count). The first-order chi connectivity index (χ1) is 4.59. The summed E-state index contributed by atoms with van der Waals surface area (Å²) < 4.78 is 0. The summed E-state index contributed by atoms with van der Waals surface area (Å²) in [5.41, 5.74) is 0. The summed E-state index contributed by atoms with van der Waals surface area (Å²) in [6, 6.07) is 0. The molecule has 0 aliphatic heterocycles. The molecule has 0 saturated heterocycles. The zero-order valence-corrected chi connectivity index (χ0v) is 6.97. The summed E-state index contributed by atoms with van der Waals surface area (Å²) in [5.74, 6) is 0.621. The zero-order chi connectivity index (χ0) is 8.15. The summed E-state index contributed by atoms with van der Waals surface area (Å²) in [7, 11) is 6.38. The van der Waals surface area contributed by atoms with Crippen LogP contribution >= 0.6 is 0 Å². The Hall–Kier alpha value is -0.0800. The summed E-state index contributed by atoms with van der Waals surface area (Å²) in [4.78, 5) is 8.49. The highest BCUT2D eigenvalue weighted by molar-refractivity contribution is 4.84. The van der Waals surface area contributed by atoms with Crippen LogP contribution in [0, 0.1) is 25.0 Å². The van der Waals surface area contributed by atoms with Crippen molar-refractivity contribution in [2.75, 3.05) is 0 Å². The lowest BCUT2D eigenvalue weighted by atomic mass is 9.97. The minimum absolute atomic E-state index is 0.311. The molecule has 0 unspecified atom stereocenters. The maximum absolute atomic E-state index is 6.38. The lowest BCUT2D eigenvalue weighted by Crippen LogP contribution is -2.15. The molecule has 0 aromatic carbocycles. The van der Waals surface area contributed by atoms with Crippen LogP contribution in [0.15, 0.2) is 0 Å². The normalized spacial score (nSPS) is 12.0. The molecule has 0 saturated carbocycles. The van der Waals surface area contributed by atoms with Crippen LogP contribution in [-0.4, -0.2) is 0 Å². The van der Waals surface area contributed by atoms with E-state index >= 15 is 0 Å². The summed E-state index contributed by atoms with van der Waals surface area (Å²) in [5, 5.41) is 0. The SMILES string of the molecule is [C]OO[C](C(C)C)C(C)C. The first-order valence-corrected chi connectivity index (χ1v) is 3.46. The first-order valence-electron chi connectivity index (χ1n) is 3.46. The topological polar surface area (TPSA) is 18.5 Å². The van der Waals surface area contributed by atoms with Crippen molar-refractivity contribution in [2.45, 2.75) is 27.7 Å². The van der Waals surface area contributed by atoms with Crippen molar-refractivity contribution >= 4 is 0 Å². The number of hydrogen-bond acceptors (Lipinski definition) is 2. The van der Waals surface area contributed by atoms with Gasteiger partial charge in [0.1, 0.15) is 6.10 Å². The standard InChI is InChI=1S/C8H14O2/c1-6(2)8(7(3)4)10-9-5/h6-7H,1-4H3. The second-order valence-corrected chi connectivity index (χ2v) is 2.88. The van der Waals surface area contributed by atoms with Gasteiger partial charge in [-0.15, -0.1) is 0 Å². The molecular weight excluding hydrogens is 128 g/mol. The molecule has 2 heteroatoms. The van der Waals surface area contributed by atoms with Crippen molar-refractivity contribution in [1.29, 1.82) is 0 Å². The summed E-state index contributed by atoms with van der Waals surface area (Å²) >= 11 is 0. The van der Waals surface area contributed by atoms with Gasteiger partial charge in [0, 0.05) is 0 Å².